The Morgan fingerprint density at radius 3 is 2.13 bits per heavy atom. The molecule has 0 bridgehead atoms. The molecule has 1 saturated heterocycles. The first kappa shape index (κ1) is 18.2. The van der Waals surface area contributed by atoms with Crippen LogP contribution in [-0.2, 0) is 5.41 Å². The fourth-order valence-corrected chi connectivity index (χ4v) is 3.15. The molecule has 23 heavy (non-hydrogen) atoms. The van der Waals surface area contributed by atoms with Crippen molar-refractivity contribution in [3.63, 3.8) is 0 Å². The standard InChI is InChI=1S/C19H32N2O2/c1-5-20-10-12-21(13-11-20)14-17(22)15-23-18-8-6-16(7-9-18)19(2,3)4/h6-9,17,22H,5,10-15H2,1-4H3/p+2/t17-/m0/s1. The van der Waals surface area contributed by atoms with Gasteiger partial charge in [0, 0.05) is 0 Å². The topological polar surface area (TPSA) is 38.3 Å². The molecule has 1 aromatic rings. The number of likely N-dealkylation sites (N-methyl/N-ethyl adjacent to an activating group) is 1. The predicted molar refractivity (Wildman–Crippen MR) is 93.4 cm³/mol. The lowest BCUT2D eigenvalue weighted by Gasteiger charge is -2.30. The van der Waals surface area contributed by atoms with Crippen LogP contribution in [0.3, 0.4) is 0 Å². The van der Waals surface area contributed by atoms with Gasteiger partial charge in [0.1, 0.15) is 51.2 Å². The average Bonchev–Trinajstić information content (AvgIpc) is 2.53. The van der Waals surface area contributed by atoms with Crippen molar-refractivity contribution in [2.24, 2.45) is 0 Å². The summed E-state index contributed by atoms with van der Waals surface area (Å²) >= 11 is 0. The summed E-state index contributed by atoms with van der Waals surface area (Å²) in [4.78, 5) is 3.18. The highest BCUT2D eigenvalue weighted by Crippen LogP contribution is 2.24. The van der Waals surface area contributed by atoms with Gasteiger partial charge in [-0.25, -0.2) is 0 Å². The van der Waals surface area contributed by atoms with Crippen LogP contribution >= 0.6 is 0 Å². The molecule has 0 spiro atoms. The fourth-order valence-electron chi connectivity index (χ4n) is 3.15. The molecule has 1 aromatic carbocycles. The Bertz CT molecular complexity index is 459. The summed E-state index contributed by atoms with van der Waals surface area (Å²) in [5.74, 6) is 0.840. The van der Waals surface area contributed by atoms with Crippen LogP contribution in [0.2, 0.25) is 0 Å². The van der Waals surface area contributed by atoms with Gasteiger partial charge in [-0.05, 0) is 30.0 Å². The molecule has 2 rings (SSSR count). The van der Waals surface area contributed by atoms with Gasteiger partial charge in [-0.2, -0.15) is 0 Å². The maximum absolute atomic E-state index is 10.2. The van der Waals surface area contributed by atoms with E-state index in [1.165, 1.54) is 30.1 Å². The number of hydrogen-bond donors (Lipinski definition) is 3. The van der Waals surface area contributed by atoms with E-state index in [2.05, 4.69) is 39.8 Å². The van der Waals surface area contributed by atoms with Crippen molar-refractivity contribution in [1.29, 1.82) is 0 Å². The number of benzene rings is 1. The van der Waals surface area contributed by atoms with Crippen molar-refractivity contribution in [2.75, 3.05) is 45.9 Å². The Kier molecular flexibility index (Phi) is 6.45. The van der Waals surface area contributed by atoms with Crippen molar-refractivity contribution in [1.82, 2.24) is 0 Å². The van der Waals surface area contributed by atoms with E-state index in [1.54, 1.807) is 4.90 Å². The molecule has 4 heteroatoms. The Hall–Kier alpha value is -1.10. The van der Waals surface area contributed by atoms with E-state index in [0.29, 0.717) is 6.61 Å². The van der Waals surface area contributed by atoms with Crippen molar-refractivity contribution in [3.8, 4) is 5.75 Å². The van der Waals surface area contributed by atoms with E-state index in [-0.39, 0.29) is 5.41 Å². The molecule has 3 N–H and O–H groups in total. The van der Waals surface area contributed by atoms with Crippen LogP contribution < -0.4 is 14.5 Å². The van der Waals surface area contributed by atoms with Crippen LogP contribution in [0, 0.1) is 0 Å². The first-order valence-electron chi connectivity index (χ1n) is 8.97. The first-order valence-corrected chi connectivity index (χ1v) is 8.97. The van der Waals surface area contributed by atoms with Crippen LogP contribution in [0.25, 0.3) is 0 Å². The molecular weight excluding hydrogens is 288 g/mol. The van der Waals surface area contributed by atoms with Crippen LogP contribution in [-0.4, -0.2) is 57.1 Å². The molecule has 0 saturated carbocycles. The Labute approximate surface area is 141 Å². The number of hydrogen-bond acceptors (Lipinski definition) is 2. The third-order valence-electron chi connectivity index (χ3n) is 4.85. The quantitative estimate of drug-likeness (QED) is 0.662. The summed E-state index contributed by atoms with van der Waals surface area (Å²) in [6, 6.07) is 8.23. The van der Waals surface area contributed by atoms with Gasteiger partial charge in [-0.1, -0.05) is 32.9 Å². The Morgan fingerprint density at radius 1 is 1.04 bits per heavy atom. The number of rotatable bonds is 6. The molecule has 0 unspecified atom stereocenters. The third kappa shape index (κ3) is 5.79. The number of aliphatic hydroxyl groups excluding tert-OH is 1. The second-order valence-electron chi connectivity index (χ2n) is 7.80. The molecule has 1 aliphatic heterocycles. The molecule has 0 radical (unpaired) electrons. The Morgan fingerprint density at radius 2 is 1.61 bits per heavy atom. The summed E-state index contributed by atoms with van der Waals surface area (Å²) in [6.07, 6.45) is -0.393. The third-order valence-corrected chi connectivity index (χ3v) is 4.85. The van der Waals surface area contributed by atoms with Crippen LogP contribution in [0.15, 0.2) is 24.3 Å². The van der Waals surface area contributed by atoms with Gasteiger partial charge in [0.25, 0.3) is 0 Å². The van der Waals surface area contributed by atoms with E-state index in [1.807, 2.05) is 12.1 Å². The summed E-state index contributed by atoms with van der Waals surface area (Å²) in [6.45, 7) is 16.0. The second-order valence-corrected chi connectivity index (χ2v) is 7.80. The fraction of sp³-hybridized carbons (Fsp3) is 0.684. The summed E-state index contributed by atoms with van der Waals surface area (Å²) in [5.41, 5.74) is 1.45. The molecule has 1 aliphatic rings. The van der Waals surface area contributed by atoms with Crippen LogP contribution in [0.4, 0.5) is 0 Å². The van der Waals surface area contributed by atoms with Gasteiger partial charge in [-0.15, -0.1) is 0 Å². The maximum Gasteiger partial charge on any atom is 0.137 e. The predicted octanol–water partition coefficient (Wildman–Crippen LogP) is -0.473. The van der Waals surface area contributed by atoms with Crippen molar-refractivity contribution >= 4 is 0 Å². The highest BCUT2D eigenvalue weighted by molar-refractivity contribution is 5.31. The average molecular weight is 322 g/mol. The minimum Gasteiger partial charge on any atom is -0.491 e. The van der Waals surface area contributed by atoms with Crippen molar-refractivity contribution in [2.45, 2.75) is 39.2 Å². The molecule has 0 amide bonds. The lowest BCUT2D eigenvalue weighted by Crippen LogP contribution is -3.28. The number of ether oxygens (including phenoxy) is 1. The second kappa shape index (κ2) is 8.13. The molecule has 0 aromatic heterocycles. The highest BCUT2D eigenvalue weighted by Gasteiger charge is 2.24. The minimum absolute atomic E-state index is 0.157. The molecule has 0 aliphatic carbocycles. The largest absolute Gasteiger partial charge is 0.491 e. The van der Waals surface area contributed by atoms with Crippen LogP contribution in [0.5, 0.6) is 5.75 Å². The van der Waals surface area contributed by atoms with Gasteiger partial charge in [0.15, 0.2) is 0 Å². The molecule has 4 nitrogen and oxygen atoms in total. The molecule has 1 fully saturated rings. The lowest BCUT2D eigenvalue weighted by molar-refractivity contribution is -1.01. The number of aliphatic hydroxyl groups is 1. The van der Waals surface area contributed by atoms with Gasteiger partial charge < -0.3 is 19.6 Å². The zero-order valence-electron chi connectivity index (χ0n) is 15.2. The summed E-state index contributed by atoms with van der Waals surface area (Å²) in [5, 5.41) is 10.2. The van der Waals surface area contributed by atoms with E-state index >= 15 is 0 Å². The van der Waals surface area contributed by atoms with Gasteiger partial charge in [0.2, 0.25) is 0 Å². The van der Waals surface area contributed by atoms with Crippen LogP contribution in [0.1, 0.15) is 33.3 Å². The zero-order valence-corrected chi connectivity index (χ0v) is 15.2. The normalized spacial score (nSPS) is 23.5. The maximum atomic E-state index is 10.2. The van der Waals surface area contributed by atoms with Crippen molar-refractivity contribution in [3.05, 3.63) is 29.8 Å². The molecule has 130 valence electrons. The SMILES string of the molecule is CC[NH+]1CC[NH+](C[C@H](O)COc2ccc(C(C)(C)C)cc2)CC1. The monoisotopic (exact) mass is 322 g/mol. The molecule has 1 heterocycles. The number of piperazine rings is 1. The number of nitrogens with one attached hydrogen (secondary N) is 2. The minimum atomic E-state index is -0.393. The molecular formula is C19H34N2O2+2. The summed E-state index contributed by atoms with van der Waals surface area (Å²) < 4.78 is 5.75. The lowest BCUT2D eigenvalue weighted by atomic mass is 9.87. The smallest absolute Gasteiger partial charge is 0.137 e. The summed E-state index contributed by atoms with van der Waals surface area (Å²) in [7, 11) is 0. The van der Waals surface area contributed by atoms with E-state index in [4.69, 9.17) is 4.74 Å². The van der Waals surface area contributed by atoms with Gasteiger partial charge in [-0.3, -0.25) is 0 Å². The number of quaternary nitrogens is 2. The zero-order chi connectivity index (χ0) is 16.9. The van der Waals surface area contributed by atoms with Crippen molar-refractivity contribution < 1.29 is 19.6 Å². The first-order chi connectivity index (χ1) is 10.9. The Balaban J connectivity index is 1.73. The van der Waals surface area contributed by atoms with E-state index in [9.17, 15) is 5.11 Å². The van der Waals surface area contributed by atoms with Gasteiger partial charge in [0.05, 0.1) is 6.54 Å². The molecule has 1 atom stereocenters. The van der Waals surface area contributed by atoms with E-state index < -0.39 is 6.10 Å². The highest BCUT2D eigenvalue weighted by atomic mass is 16.5. The van der Waals surface area contributed by atoms with E-state index in [0.717, 1.165) is 25.4 Å². The van der Waals surface area contributed by atoms with Gasteiger partial charge >= 0.3 is 0 Å².